The van der Waals surface area contributed by atoms with E-state index in [1.165, 1.54) is 122 Å². The lowest BCUT2D eigenvalue weighted by Crippen LogP contribution is -2.30. The molecule has 6 heteroatoms. The molecule has 0 heterocycles. The highest BCUT2D eigenvalue weighted by Crippen LogP contribution is 2.17. The van der Waals surface area contributed by atoms with Gasteiger partial charge in [0.15, 0.2) is 6.10 Å². The lowest BCUT2D eigenvalue weighted by molar-refractivity contribution is -0.167. The van der Waals surface area contributed by atoms with E-state index in [0.717, 1.165) is 148 Å². The lowest BCUT2D eigenvalue weighted by Gasteiger charge is -2.18. The molecule has 82 heavy (non-hydrogen) atoms. The van der Waals surface area contributed by atoms with Crippen molar-refractivity contribution in [1.82, 2.24) is 0 Å². The molecule has 0 N–H and O–H groups in total. The van der Waals surface area contributed by atoms with Crippen LogP contribution in [-0.4, -0.2) is 37.2 Å². The molecule has 1 atom stereocenters. The summed E-state index contributed by atoms with van der Waals surface area (Å²) in [5.41, 5.74) is 0. The second-order valence-electron chi connectivity index (χ2n) is 22.3. The van der Waals surface area contributed by atoms with E-state index >= 15 is 0 Å². The highest BCUT2D eigenvalue weighted by molar-refractivity contribution is 5.71. The minimum atomic E-state index is -0.806. The van der Waals surface area contributed by atoms with Gasteiger partial charge in [0.05, 0.1) is 0 Å². The molecule has 0 aromatic rings. The maximum atomic E-state index is 12.9. The van der Waals surface area contributed by atoms with Gasteiger partial charge in [-0.25, -0.2) is 0 Å². The van der Waals surface area contributed by atoms with Gasteiger partial charge in [0, 0.05) is 19.3 Å². The molecule has 0 spiro atoms. The Bertz CT molecular complexity index is 1730. The van der Waals surface area contributed by atoms with Gasteiger partial charge >= 0.3 is 17.9 Å². The van der Waals surface area contributed by atoms with E-state index in [1.807, 2.05) is 0 Å². The highest BCUT2D eigenvalue weighted by atomic mass is 16.6. The molecule has 0 aliphatic rings. The van der Waals surface area contributed by atoms with Crippen molar-refractivity contribution in [2.24, 2.45) is 0 Å². The van der Waals surface area contributed by atoms with Gasteiger partial charge in [-0.1, -0.05) is 296 Å². The van der Waals surface area contributed by atoms with Crippen molar-refractivity contribution < 1.29 is 28.6 Å². The summed E-state index contributed by atoms with van der Waals surface area (Å²) in [6, 6.07) is 0. The number of carbonyl (C=O) groups is 3. The number of esters is 3. The number of allylic oxidation sites excluding steroid dienone is 22. The summed E-state index contributed by atoms with van der Waals surface area (Å²) in [4.78, 5) is 38.4. The van der Waals surface area contributed by atoms with Gasteiger partial charge in [-0.15, -0.1) is 0 Å². The van der Waals surface area contributed by atoms with Crippen LogP contribution in [0.25, 0.3) is 0 Å². The fraction of sp³-hybridized carbons (Fsp3) is 0.671. The van der Waals surface area contributed by atoms with Crippen LogP contribution in [0, 0.1) is 0 Å². The van der Waals surface area contributed by atoms with Crippen LogP contribution in [0.1, 0.15) is 310 Å². The Labute approximate surface area is 506 Å². The van der Waals surface area contributed by atoms with Crippen molar-refractivity contribution in [2.75, 3.05) is 13.2 Å². The van der Waals surface area contributed by atoms with E-state index < -0.39 is 6.10 Å². The summed E-state index contributed by atoms with van der Waals surface area (Å²) in [7, 11) is 0. The molecular weight excluding hydrogens is 1010 g/mol. The van der Waals surface area contributed by atoms with Crippen LogP contribution in [0.3, 0.4) is 0 Å². The van der Waals surface area contributed by atoms with E-state index in [0.29, 0.717) is 12.8 Å². The van der Waals surface area contributed by atoms with Gasteiger partial charge in [0.2, 0.25) is 0 Å². The average Bonchev–Trinajstić information content (AvgIpc) is 3.47. The van der Waals surface area contributed by atoms with Crippen molar-refractivity contribution >= 4 is 17.9 Å². The first-order valence-corrected chi connectivity index (χ1v) is 34.2. The number of hydrogen-bond acceptors (Lipinski definition) is 6. The third-order valence-electron chi connectivity index (χ3n) is 14.4. The van der Waals surface area contributed by atoms with Crippen LogP contribution < -0.4 is 0 Å². The zero-order valence-electron chi connectivity index (χ0n) is 53.5. The summed E-state index contributed by atoms with van der Waals surface area (Å²) in [5, 5.41) is 0. The molecule has 0 rings (SSSR count). The SMILES string of the molecule is CC/C=C\C/C=C\C/C=C\C/C=C\C/C=C\CCCCCC(=O)OC(COC(=O)CCCCCCC/C=C\C/C=C\CCCC)COC(=O)CCCCCCCCCCCCCCCCCCCC/C=C\C/C=C\C/C=C\C/C=C\CC. The normalized spacial score (nSPS) is 13.0. The van der Waals surface area contributed by atoms with Crippen LogP contribution in [-0.2, 0) is 28.6 Å². The predicted octanol–water partition coefficient (Wildman–Crippen LogP) is 23.7. The maximum Gasteiger partial charge on any atom is 0.306 e. The van der Waals surface area contributed by atoms with E-state index in [9.17, 15) is 14.4 Å². The summed E-state index contributed by atoms with van der Waals surface area (Å²) in [6.07, 6.45) is 97.6. The Balaban J connectivity index is 4.29. The Morgan fingerprint density at radius 3 is 0.756 bits per heavy atom. The molecule has 0 fully saturated rings. The fourth-order valence-electron chi connectivity index (χ4n) is 9.30. The number of unbranched alkanes of at least 4 members (excludes halogenated alkanes) is 28. The van der Waals surface area contributed by atoms with E-state index in [4.69, 9.17) is 14.2 Å². The van der Waals surface area contributed by atoms with Crippen LogP contribution >= 0.6 is 0 Å². The smallest absolute Gasteiger partial charge is 0.306 e. The first-order chi connectivity index (χ1) is 40.5. The molecule has 0 aromatic heterocycles. The predicted molar refractivity (Wildman–Crippen MR) is 357 cm³/mol. The molecule has 0 amide bonds. The van der Waals surface area contributed by atoms with Crippen molar-refractivity contribution in [3.63, 3.8) is 0 Å². The van der Waals surface area contributed by atoms with Gasteiger partial charge < -0.3 is 14.2 Å². The molecule has 0 aliphatic heterocycles. The van der Waals surface area contributed by atoms with Gasteiger partial charge in [0.25, 0.3) is 0 Å². The molecule has 0 aliphatic carbocycles. The van der Waals surface area contributed by atoms with Crippen LogP contribution in [0.15, 0.2) is 134 Å². The quantitative estimate of drug-likeness (QED) is 0.0261. The summed E-state index contributed by atoms with van der Waals surface area (Å²) < 4.78 is 16.9. The Kier molecular flexibility index (Phi) is 65.3. The second kappa shape index (κ2) is 69.0. The van der Waals surface area contributed by atoms with Crippen LogP contribution in [0.4, 0.5) is 0 Å². The molecular formula is C76H126O6. The molecule has 0 saturated carbocycles. The molecule has 0 radical (unpaired) electrons. The largest absolute Gasteiger partial charge is 0.462 e. The summed E-state index contributed by atoms with van der Waals surface area (Å²) >= 11 is 0. The van der Waals surface area contributed by atoms with Gasteiger partial charge in [-0.05, 0) is 128 Å². The lowest BCUT2D eigenvalue weighted by atomic mass is 10.0. The number of rotatable bonds is 61. The highest BCUT2D eigenvalue weighted by Gasteiger charge is 2.19. The molecule has 0 aromatic carbocycles. The number of ether oxygens (including phenoxy) is 3. The van der Waals surface area contributed by atoms with Crippen LogP contribution in [0.5, 0.6) is 0 Å². The summed E-state index contributed by atoms with van der Waals surface area (Å²) in [5.74, 6) is -0.937. The van der Waals surface area contributed by atoms with Crippen molar-refractivity contribution in [3.05, 3.63) is 134 Å². The summed E-state index contributed by atoms with van der Waals surface area (Å²) in [6.45, 7) is 6.35. The first kappa shape index (κ1) is 77.5. The van der Waals surface area contributed by atoms with Crippen molar-refractivity contribution in [2.45, 2.75) is 316 Å². The Morgan fingerprint density at radius 2 is 0.476 bits per heavy atom. The minimum absolute atomic E-state index is 0.0971. The second-order valence-corrected chi connectivity index (χ2v) is 22.3. The van der Waals surface area contributed by atoms with E-state index in [-0.39, 0.29) is 37.5 Å². The number of carbonyl (C=O) groups excluding carboxylic acids is 3. The molecule has 466 valence electrons. The zero-order chi connectivity index (χ0) is 59.2. The van der Waals surface area contributed by atoms with Crippen molar-refractivity contribution in [1.29, 1.82) is 0 Å². The Hall–Kier alpha value is -4.45. The van der Waals surface area contributed by atoms with Gasteiger partial charge in [-0.2, -0.15) is 0 Å². The van der Waals surface area contributed by atoms with Gasteiger partial charge in [0.1, 0.15) is 13.2 Å². The zero-order valence-corrected chi connectivity index (χ0v) is 53.5. The van der Waals surface area contributed by atoms with Gasteiger partial charge in [-0.3, -0.25) is 14.4 Å². The minimum Gasteiger partial charge on any atom is -0.462 e. The molecule has 1 unspecified atom stereocenters. The standard InChI is InChI=1S/C76H126O6/c1-4-7-10-13-16-19-22-25-28-30-32-33-34-35-36-37-38-39-40-41-42-43-45-46-48-51-54-57-60-63-66-69-75(78)81-72-73(71-80-74(77)68-65-62-59-56-53-50-27-24-21-18-15-12-9-6-3)82-76(79)70-67-64-61-58-55-52-49-47-44-31-29-26-23-20-17-14-11-8-5-2/h7-8,10-11,15-20,24-29,32-33,44,47,52,55,73H,4-6,9,12-14,21-23,30-31,34-43,45-46,48-51,53-54,56-72H2,1-3H3/b10-7-,11-8-,18-15-,19-16-,20-17-,27-24-,28-25-,29-26-,33-32-,47-44-,55-52-. The Morgan fingerprint density at radius 1 is 0.256 bits per heavy atom. The molecule has 6 nitrogen and oxygen atoms in total. The van der Waals surface area contributed by atoms with E-state index in [1.54, 1.807) is 0 Å². The van der Waals surface area contributed by atoms with Crippen LogP contribution in [0.2, 0.25) is 0 Å². The van der Waals surface area contributed by atoms with Crippen molar-refractivity contribution in [3.8, 4) is 0 Å². The third-order valence-corrected chi connectivity index (χ3v) is 14.4. The maximum absolute atomic E-state index is 12.9. The molecule has 0 saturated heterocycles. The third kappa shape index (κ3) is 66.4. The topological polar surface area (TPSA) is 78.9 Å². The fourth-order valence-corrected chi connectivity index (χ4v) is 9.30. The monoisotopic (exact) mass is 1130 g/mol. The van der Waals surface area contributed by atoms with E-state index in [2.05, 4.69) is 154 Å². The first-order valence-electron chi connectivity index (χ1n) is 34.2. The average molecular weight is 1140 g/mol. The molecule has 0 bridgehead atoms. The number of hydrogen-bond donors (Lipinski definition) is 0.